The number of benzene rings is 1. The van der Waals surface area contributed by atoms with Gasteiger partial charge in [-0.3, -0.25) is 19.7 Å². The molecule has 7 nitrogen and oxygen atoms in total. The van der Waals surface area contributed by atoms with Gasteiger partial charge in [-0.2, -0.15) is 0 Å². The number of hydrogen-bond acceptors (Lipinski definition) is 5. The normalized spacial score (nSPS) is 10.4. The van der Waals surface area contributed by atoms with Crippen molar-refractivity contribution in [3.8, 4) is 0 Å². The van der Waals surface area contributed by atoms with Crippen LogP contribution < -0.4 is 11.1 Å². The maximum atomic E-state index is 12.4. The van der Waals surface area contributed by atoms with Gasteiger partial charge in [0.25, 0.3) is 17.5 Å². The average molecular weight is 445 g/mol. The molecule has 120 valence electrons. The number of nitro groups is 1. The van der Waals surface area contributed by atoms with Crippen molar-refractivity contribution in [1.82, 2.24) is 0 Å². The number of nitro benzene ring substituents is 1. The summed E-state index contributed by atoms with van der Waals surface area (Å²) >= 11 is 3.16. The molecule has 1 aromatic heterocycles. The molecule has 0 radical (unpaired) electrons. The molecule has 0 atom stereocenters. The van der Waals surface area contributed by atoms with Crippen molar-refractivity contribution in [2.45, 2.75) is 13.8 Å². The van der Waals surface area contributed by atoms with Crippen molar-refractivity contribution in [1.29, 1.82) is 0 Å². The maximum Gasteiger partial charge on any atom is 0.270 e. The van der Waals surface area contributed by atoms with E-state index in [1.165, 1.54) is 29.5 Å². The predicted molar refractivity (Wildman–Crippen MR) is 96.1 cm³/mol. The number of amides is 2. The van der Waals surface area contributed by atoms with Crippen LogP contribution in [0.1, 0.15) is 31.2 Å². The number of nitrogens with zero attached hydrogens (tertiary/aromatic N) is 1. The number of halogens is 1. The van der Waals surface area contributed by atoms with Gasteiger partial charge in [0, 0.05) is 20.6 Å². The van der Waals surface area contributed by atoms with Crippen molar-refractivity contribution in [2.75, 3.05) is 5.32 Å². The summed E-state index contributed by atoms with van der Waals surface area (Å²) in [5.74, 6) is -1.15. The minimum Gasteiger partial charge on any atom is -0.365 e. The van der Waals surface area contributed by atoms with Crippen LogP contribution in [0.15, 0.2) is 18.2 Å². The third-order valence-electron chi connectivity index (χ3n) is 3.26. The molecule has 0 saturated carbocycles. The first-order valence-corrected chi connectivity index (χ1v) is 8.27. The number of carbonyl (C=O) groups is 2. The number of anilines is 1. The molecule has 0 aliphatic rings. The molecule has 0 aliphatic heterocycles. The van der Waals surface area contributed by atoms with Crippen LogP contribution in [-0.2, 0) is 0 Å². The number of thiophene rings is 1. The van der Waals surface area contributed by atoms with Gasteiger partial charge >= 0.3 is 0 Å². The van der Waals surface area contributed by atoms with E-state index in [4.69, 9.17) is 5.73 Å². The predicted octanol–water partition coefficient (Wildman–Crippen LogP) is 3.23. The van der Waals surface area contributed by atoms with Crippen LogP contribution in [-0.4, -0.2) is 16.7 Å². The fraction of sp³-hybridized carbons (Fsp3) is 0.143. The number of rotatable bonds is 4. The number of carbonyl (C=O) groups excluding carboxylic acids is 2. The molecule has 3 N–H and O–H groups in total. The van der Waals surface area contributed by atoms with E-state index in [0.29, 0.717) is 14.1 Å². The highest BCUT2D eigenvalue weighted by Crippen LogP contribution is 2.32. The van der Waals surface area contributed by atoms with E-state index in [1.807, 2.05) is 29.5 Å². The zero-order chi connectivity index (χ0) is 17.3. The second-order valence-corrected chi connectivity index (χ2v) is 7.11. The van der Waals surface area contributed by atoms with Crippen LogP contribution >= 0.6 is 33.9 Å². The van der Waals surface area contributed by atoms with Gasteiger partial charge in [-0.25, -0.2) is 0 Å². The molecular weight excluding hydrogens is 433 g/mol. The van der Waals surface area contributed by atoms with Crippen LogP contribution in [0.3, 0.4) is 0 Å². The van der Waals surface area contributed by atoms with Gasteiger partial charge in [0.15, 0.2) is 0 Å². The molecule has 2 amide bonds. The minimum absolute atomic E-state index is 0.166. The summed E-state index contributed by atoms with van der Waals surface area (Å²) < 4.78 is 0.566. The summed E-state index contributed by atoms with van der Waals surface area (Å²) in [6.45, 7) is 3.57. The summed E-state index contributed by atoms with van der Waals surface area (Å²) in [5, 5.41) is 13.8. The Morgan fingerprint density at radius 2 is 2.00 bits per heavy atom. The fourth-order valence-electron chi connectivity index (χ4n) is 1.98. The number of non-ortho nitro benzene ring substituents is 1. The van der Waals surface area contributed by atoms with Gasteiger partial charge in [0.2, 0.25) is 0 Å². The third-order valence-corrected chi connectivity index (χ3v) is 5.33. The number of nitrogens with one attached hydrogen (secondary N) is 1. The quantitative estimate of drug-likeness (QED) is 0.427. The number of primary amides is 1. The topological polar surface area (TPSA) is 115 Å². The second-order valence-electron chi connectivity index (χ2n) is 4.73. The van der Waals surface area contributed by atoms with Gasteiger partial charge in [-0.05, 0) is 48.1 Å². The molecule has 2 rings (SSSR count). The first-order valence-electron chi connectivity index (χ1n) is 6.37. The molecule has 0 aliphatic carbocycles. The highest BCUT2D eigenvalue weighted by Gasteiger charge is 2.21. The van der Waals surface area contributed by atoms with Crippen molar-refractivity contribution in [3.05, 3.63) is 53.5 Å². The molecule has 0 bridgehead atoms. The Hall–Kier alpha value is -2.01. The molecule has 1 aromatic carbocycles. The van der Waals surface area contributed by atoms with Crippen LogP contribution in [0.2, 0.25) is 0 Å². The van der Waals surface area contributed by atoms with E-state index in [0.717, 1.165) is 4.88 Å². The maximum absolute atomic E-state index is 12.4. The Morgan fingerprint density at radius 1 is 1.35 bits per heavy atom. The first kappa shape index (κ1) is 17.3. The number of aryl methyl sites for hydroxylation is 1. The average Bonchev–Trinajstić information content (AvgIpc) is 2.73. The van der Waals surface area contributed by atoms with Crippen molar-refractivity contribution in [3.63, 3.8) is 0 Å². The Morgan fingerprint density at radius 3 is 2.57 bits per heavy atom. The zero-order valence-corrected chi connectivity index (χ0v) is 15.1. The number of nitrogens with two attached hydrogens (primary N) is 1. The van der Waals surface area contributed by atoms with Crippen LogP contribution in [0.5, 0.6) is 0 Å². The lowest BCUT2D eigenvalue weighted by Gasteiger charge is -2.07. The van der Waals surface area contributed by atoms with Gasteiger partial charge in [-0.1, -0.05) is 0 Å². The summed E-state index contributed by atoms with van der Waals surface area (Å²) in [7, 11) is 0. The van der Waals surface area contributed by atoms with Crippen LogP contribution in [0.4, 0.5) is 10.7 Å². The number of hydrogen-bond donors (Lipinski definition) is 2. The van der Waals surface area contributed by atoms with Crippen molar-refractivity contribution < 1.29 is 14.5 Å². The minimum atomic E-state index is -0.629. The summed E-state index contributed by atoms with van der Waals surface area (Å²) in [5.41, 5.74) is 6.33. The van der Waals surface area contributed by atoms with E-state index in [-0.39, 0.29) is 16.8 Å². The molecule has 1 heterocycles. The summed E-state index contributed by atoms with van der Waals surface area (Å²) in [6.07, 6.45) is 0. The monoisotopic (exact) mass is 445 g/mol. The van der Waals surface area contributed by atoms with Gasteiger partial charge in [0.05, 0.1) is 16.1 Å². The lowest BCUT2D eigenvalue weighted by atomic mass is 10.1. The summed E-state index contributed by atoms with van der Waals surface area (Å²) in [6, 6.07) is 4.02. The Bertz CT molecular complexity index is 832. The Balaban J connectivity index is 2.41. The van der Waals surface area contributed by atoms with E-state index < -0.39 is 16.7 Å². The van der Waals surface area contributed by atoms with Crippen LogP contribution in [0.25, 0.3) is 0 Å². The van der Waals surface area contributed by atoms with E-state index in [9.17, 15) is 19.7 Å². The molecule has 9 heteroatoms. The molecule has 0 fully saturated rings. The largest absolute Gasteiger partial charge is 0.365 e. The highest BCUT2D eigenvalue weighted by molar-refractivity contribution is 14.1. The Labute approximate surface area is 149 Å². The van der Waals surface area contributed by atoms with Gasteiger partial charge < -0.3 is 11.1 Å². The fourth-order valence-corrected chi connectivity index (χ4v) is 3.62. The lowest BCUT2D eigenvalue weighted by Crippen LogP contribution is -2.18. The first-order chi connectivity index (χ1) is 10.7. The van der Waals surface area contributed by atoms with E-state index in [1.54, 1.807) is 6.92 Å². The van der Waals surface area contributed by atoms with Crippen molar-refractivity contribution >= 4 is 56.4 Å². The second kappa shape index (κ2) is 6.62. The van der Waals surface area contributed by atoms with E-state index in [2.05, 4.69) is 5.32 Å². The Kier molecular flexibility index (Phi) is 5.00. The van der Waals surface area contributed by atoms with Crippen LogP contribution in [0, 0.1) is 27.5 Å². The van der Waals surface area contributed by atoms with Gasteiger partial charge in [-0.15, -0.1) is 11.3 Å². The molecule has 0 spiro atoms. The molecule has 0 saturated heterocycles. The molecular formula is C14H12IN3O4S. The van der Waals surface area contributed by atoms with Gasteiger partial charge in [0.1, 0.15) is 5.00 Å². The van der Waals surface area contributed by atoms with Crippen molar-refractivity contribution in [2.24, 2.45) is 5.73 Å². The third kappa shape index (κ3) is 3.50. The van der Waals surface area contributed by atoms with E-state index >= 15 is 0 Å². The molecule has 0 unspecified atom stereocenters. The SMILES string of the molecule is Cc1sc(NC(=O)c2cc([N+](=O)[O-])ccc2I)c(C(N)=O)c1C. The zero-order valence-electron chi connectivity index (χ0n) is 12.2. The highest BCUT2D eigenvalue weighted by atomic mass is 127. The summed E-state index contributed by atoms with van der Waals surface area (Å²) in [4.78, 5) is 35.1. The lowest BCUT2D eigenvalue weighted by molar-refractivity contribution is -0.384. The molecule has 2 aromatic rings. The standard InChI is InChI=1S/C14H12IN3O4S/c1-6-7(2)23-14(11(6)12(16)19)17-13(20)9-5-8(18(21)22)3-4-10(9)15/h3-5H,1-2H3,(H2,16,19)(H,17,20). The smallest absolute Gasteiger partial charge is 0.270 e. The molecule has 23 heavy (non-hydrogen) atoms.